The third kappa shape index (κ3) is 1.87. The Morgan fingerprint density at radius 2 is 2.12 bits per heavy atom. The molecule has 2 nitrogen and oxygen atoms in total. The normalized spacial score (nSPS) is 38.6. The molecule has 0 aromatic rings. The summed E-state index contributed by atoms with van der Waals surface area (Å²) in [6.07, 6.45) is 4.46. The highest BCUT2D eigenvalue weighted by atomic mass is 16.5. The van der Waals surface area contributed by atoms with E-state index in [-0.39, 0.29) is 12.1 Å². The Balaban J connectivity index is 2.20. The average Bonchev–Trinajstić information content (AvgIpc) is 2.36. The maximum atomic E-state index is 11.5. The van der Waals surface area contributed by atoms with Crippen LogP contribution in [-0.4, -0.2) is 12.1 Å². The van der Waals surface area contributed by atoms with E-state index in [1.54, 1.807) is 0 Å². The maximum Gasteiger partial charge on any atom is 0.306 e. The Bertz CT molecular complexity index is 282. The van der Waals surface area contributed by atoms with Crippen LogP contribution in [0.4, 0.5) is 0 Å². The number of hydrogen-bond acceptors (Lipinski definition) is 2. The summed E-state index contributed by atoms with van der Waals surface area (Å²) in [7, 11) is 0. The van der Waals surface area contributed by atoms with Crippen LogP contribution >= 0.6 is 0 Å². The lowest BCUT2D eigenvalue weighted by Gasteiger charge is -2.41. The van der Waals surface area contributed by atoms with E-state index in [9.17, 15) is 4.79 Å². The highest BCUT2D eigenvalue weighted by Crippen LogP contribution is 2.53. The van der Waals surface area contributed by atoms with Gasteiger partial charge >= 0.3 is 5.97 Å². The summed E-state index contributed by atoms with van der Waals surface area (Å²) in [5.41, 5.74) is 0.315. The Labute approximate surface area is 98.7 Å². The number of fused-ring (bicyclic) bond motifs is 2. The molecule has 2 rings (SSSR count). The molecule has 4 atom stereocenters. The fourth-order valence-corrected chi connectivity index (χ4v) is 4.09. The number of ether oxygens (including phenoxy) is 1. The molecule has 2 fully saturated rings. The molecular weight excluding hydrogens is 200 g/mol. The third-order valence-corrected chi connectivity index (χ3v) is 4.59. The van der Waals surface area contributed by atoms with Gasteiger partial charge in [-0.2, -0.15) is 0 Å². The van der Waals surface area contributed by atoms with Gasteiger partial charge < -0.3 is 4.74 Å². The van der Waals surface area contributed by atoms with Crippen molar-refractivity contribution in [1.82, 2.24) is 0 Å². The number of rotatable bonds is 3. The molecule has 92 valence electrons. The number of esters is 1. The van der Waals surface area contributed by atoms with Gasteiger partial charge in [-0.05, 0) is 30.1 Å². The summed E-state index contributed by atoms with van der Waals surface area (Å²) < 4.78 is 5.60. The maximum absolute atomic E-state index is 11.5. The highest BCUT2D eigenvalue weighted by Gasteiger charge is 2.53. The van der Waals surface area contributed by atoms with Gasteiger partial charge in [0.1, 0.15) is 6.10 Å². The molecule has 0 aromatic carbocycles. The van der Waals surface area contributed by atoms with E-state index in [0.717, 1.165) is 0 Å². The lowest BCUT2D eigenvalue weighted by molar-refractivity contribution is -0.164. The predicted octanol–water partition coefficient (Wildman–Crippen LogP) is 3.40. The minimum absolute atomic E-state index is 0.0305. The summed E-state index contributed by atoms with van der Waals surface area (Å²) in [5, 5.41) is 0. The van der Waals surface area contributed by atoms with Crippen LogP contribution in [0.1, 0.15) is 53.4 Å². The fraction of sp³-hybridized carbons (Fsp3) is 0.929. The standard InChI is InChI=1S/C14H24O2/c1-5-6-14(3,4)12-10-7-9(2)13(12)16-11(15)8-10/h9-10,12-13H,5-8H2,1-4H3. The second-order valence-corrected chi connectivity index (χ2v) is 6.40. The van der Waals surface area contributed by atoms with Crippen LogP contribution in [0.25, 0.3) is 0 Å². The first-order valence-corrected chi connectivity index (χ1v) is 6.65. The lowest BCUT2D eigenvalue weighted by Crippen LogP contribution is -2.42. The number of carbonyl (C=O) groups is 1. The molecule has 2 aliphatic rings. The molecule has 1 heterocycles. The molecule has 2 bridgehead atoms. The van der Waals surface area contributed by atoms with E-state index in [1.807, 2.05) is 0 Å². The zero-order valence-corrected chi connectivity index (χ0v) is 11.0. The zero-order chi connectivity index (χ0) is 11.9. The molecule has 0 N–H and O–H groups in total. The topological polar surface area (TPSA) is 26.3 Å². The van der Waals surface area contributed by atoms with Crippen molar-refractivity contribution in [3.63, 3.8) is 0 Å². The molecule has 0 aromatic heterocycles. The largest absolute Gasteiger partial charge is 0.462 e. The van der Waals surface area contributed by atoms with Crippen LogP contribution in [0.2, 0.25) is 0 Å². The van der Waals surface area contributed by atoms with Crippen molar-refractivity contribution in [2.24, 2.45) is 23.2 Å². The SMILES string of the molecule is CCCC(C)(C)C1C2CC(=O)OC1C(C)C2. The second-order valence-electron chi connectivity index (χ2n) is 6.40. The molecular formula is C14H24O2. The molecule has 1 aliphatic heterocycles. The molecule has 0 amide bonds. The number of carbonyl (C=O) groups excluding carboxylic acids is 1. The molecule has 0 spiro atoms. The van der Waals surface area contributed by atoms with Gasteiger partial charge in [0.15, 0.2) is 0 Å². The Kier molecular flexibility index (Phi) is 3.02. The minimum atomic E-state index is 0.0305. The second kappa shape index (κ2) is 4.05. The van der Waals surface area contributed by atoms with Crippen LogP contribution in [-0.2, 0) is 9.53 Å². The van der Waals surface area contributed by atoms with Crippen molar-refractivity contribution in [2.75, 3.05) is 0 Å². The summed E-state index contributed by atoms with van der Waals surface area (Å²) in [6.45, 7) is 9.16. The smallest absolute Gasteiger partial charge is 0.306 e. The van der Waals surface area contributed by atoms with Crippen LogP contribution in [0.15, 0.2) is 0 Å². The van der Waals surface area contributed by atoms with Crippen molar-refractivity contribution in [3.8, 4) is 0 Å². The van der Waals surface area contributed by atoms with Gasteiger partial charge in [0.2, 0.25) is 0 Å². The van der Waals surface area contributed by atoms with Gasteiger partial charge in [0, 0.05) is 12.3 Å². The molecule has 1 aliphatic carbocycles. The van der Waals surface area contributed by atoms with Gasteiger partial charge in [0.05, 0.1) is 0 Å². The third-order valence-electron chi connectivity index (χ3n) is 4.59. The van der Waals surface area contributed by atoms with Gasteiger partial charge in [-0.3, -0.25) is 4.79 Å². The monoisotopic (exact) mass is 224 g/mol. The Morgan fingerprint density at radius 3 is 2.69 bits per heavy atom. The first-order valence-electron chi connectivity index (χ1n) is 6.65. The van der Waals surface area contributed by atoms with Gasteiger partial charge in [-0.25, -0.2) is 0 Å². The van der Waals surface area contributed by atoms with Gasteiger partial charge in [-0.1, -0.05) is 34.1 Å². The number of hydrogen-bond donors (Lipinski definition) is 0. The van der Waals surface area contributed by atoms with Crippen molar-refractivity contribution in [3.05, 3.63) is 0 Å². The summed E-state index contributed by atoms with van der Waals surface area (Å²) in [4.78, 5) is 11.5. The van der Waals surface area contributed by atoms with Crippen LogP contribution < -0.4 is 0 Å². The van der Waals surface area contributed by atoms with Crippen LogP contribution in [0, 0.1) is 23.2 Å². The Hall–Kier alpha value is -0.530. The van der Waals surface area contributed by atoms with E-state index in [4.69, 9.17) is 4.74 Å². The first-order chi connectivity index (χ1) is 7.45. The van der Waals surface area contributed by atoms with Gasteiger partial charge in [-0.15, -0.1) is 0 Å². The molecule has 0 radical (unpaired) electrons. The summed E-state index contributed by atoms with van der Waals surface area (Å²) in [5.74, 6) is 1.74. The van der Waals surface area contributed by atoms with Crippen molar-refractivity contribution >= 4 is 5.97 Å². The molecule has 1 saturated carbocycles. The average molecular weight is 224 g/mol. The fourth-order valence-electron chi connectivity index (χ4n) is 4.09. The molecule has 4 unspecified atom stereocenters. The first kappa shape index (κ1) is 11.9. The van der Waals surface area contributed by atoms with E-state index in [2.05, 4.69) is 27.7 Å². The molecule has 2 heteroatoms. The van der Waals surface area contributed by atoms with E-state index in [1.165, 1.54) is 19.3 Å². The Morgan fingerprint density at radius 1 is 1.44 bits per heavy atom. The van der Waals surface area contributed by atoms with E-state index in [0.29, 0.717) is 29.6 Å². The summed E-state index contributed by atoms with van der Waals surface area (Å²) in [6, 6.07) is 0. The van der Waals surface area contributed by atoms with Crippen molar-refractivity contribution in [2.45, 2.75) is 59.5 Å². The van der Waals surface area contributed by atoms with Crippen LogP contribution in [0.5, 0.6) is 0 Å². The van der Waals surface area contributed by atoms with E-state index < -0.39 is 0 Å². The van der Waals surface area contributed by atoms with Crippen molar-refractivity contribution in [1.29, 1.82) is 0 Å². The highest BCUT2D eigenvalue weighted by molar-refractivity contribution is 5.71. The minimum Gasteiger partial charge on any atom is -0.462 e. The molecule has 1 saturated heterocycles. The van der Waals surface area contributed by atoms with Crippen molar-refractivity contribution < 1.29 is 9.53 Å². The van der Waals surface area contributed by atoms with Crippen LogP contribution in [0.3, 0.4) is 0 Å². The summed E-state index contributed by atoms with van der Waals surface area (Å²) >= 11 is 0. The predicted molar refractivity (Wildman–Crippen MR) is 63.9 cm³/mol. The zero-order valence-electron chi connectivity index (χ0n) is 11.0. The van der Waals surface area contributed by atoms with Gasteiger partial charge in [0.25, 0.3) is 0 Å². The molecule has 16 heavy (non-hydrogen) atoms. The quantitative estimate of drug-likeness (QED) is 0.687. The van der Waals surface area contributed by atoms with E-state index >= 15 is 0 Å². The lowest BCUT2D eigenvalue weighted by atomic mass is 9.68.